The van der Waals surface area contributed by atoms with Gasteiger partial charge in [0.2, 0.25) is 26.0 Å². The molecule has 36 heavy (non-hydrogen) atoms. The molecule has 1 aromatic heterocycles. The standard InChI is InChI=1S/C21H24F2N6O5S2/c1-20(15-10-14(5-6-16(15)23)26-18(30)17-7-4-13(22)11-25-17)21(8-9-29(12-21)35(3,31)32)36(33,34)28(2)19(24)27-20/h4-7,10-11H,8-9,12H2,1-3H3,(H2,24,27)(H,26,30)/t20-,21?/m1/s1. The lowest BCUT2D eigenvalue weighted by atomic mass is 9.77. The summed E-state index contributed by atoms with van der Waals surface area (Å²) in [6.07, 6.45) is 1.65. The molecule has 3 N–H and O–H groups in total. The van der Waals surface area contributed by atoms with Crippen molar-refractivity contribution in [3.63, 3.8) is 0 Å². The van der Waals surface area contributed by atoms with Crippen LogP contribution in [0, 0.1) is 17.0 Å². The highest BCUT2D eigenvalue weighted by molar-refractivity contribution is 7.91. The van der Waals surface area contributed by atoms with E-state index < -0.39 is 60.4 Å². The molecule has 0 saturated carbocycles. The zero-order chi connectivity index (χ0) is 26.7. The number of aromatic nitrogens is 1. The highest BCUT2D eigenvalue weighted by atomic mass is 32.2. The predicted molar refractivity (Wildman–Crippen MR) is 127 cm³/mol. The summed E-state index contributed by atoms with van der Waals surface area (Å²) >= 11 is 0. The summed E-state index contributed by atoms with van der Waals surface area (Å²) in [5.74, 6) is -2.70. The van der Waals surface area contributed by atoms with E-state index in [1.165, 1.54) is 19.1 Å². The quantitative estimate of drug-likeness (QED) is 0.522. The Balaban J connectivity index is 1.82. The molecular formula is C21H24F2N6O5S2. The number of pyridine rings is 1. The van der Waals surface area contributed by atoms with Gasteiger partial charge in [-0.05, 0) is 43.7 Å². The summed E-state index contributed by atoms with van der Waals surface area (Å²) in [4.78, 5) is 16.3. The Morgan fingerprint density at radius 2 is 1.94 bits per heavy atom. The molecule has 15 heteroatoms. The molecule has 1 amide bonds. The average Bonchev–Trinajstić information content (AvgIpc) is 3.28. The van der Waals surface area contributed by atoms with Crippen molar-refractivity contribution < 1.29 is 30.4 Å². The molecule has 3 heterocycles. The van der Waals surface area contributed by atoms with E-state index in [9.17, 15) is 26.0 Å². The SMILES string of the molecule is CN1C(=N)N[C@](C)(c2cc(NC(=O)c3ccc(F)cn3)ccc2F)C2(CCN(S(C)(=O)=O)C2)S1(=O)=O. The number of nitrogens with zero attached hydrogens (tertiary/aromatic N) is 3. The van der Waals surface area contributed by atoms with Crippen molar-refractivity contribution in [3.05, 3.63) is 59.4 Å². The number of hydrogen-bond donors (Lipinski definition) is 3. The minimum atomic E-state index is -4.36. The van der Waals surface area contributed by atoms with Gasteiger partial charge in [-0.3, -0.25) is 10.2 Å². The number of amides is 1. The first-order valence-corrected chi connectivity index (χ1v) is 13.9. The molecule has 2 saturated heterocycles. The first-order valence-electron chi connectivity index (χ1n) is 10.7. The van der Waals surface area contributed by atoms with Gasteiger partial charge < -0.3 is 10.6 Å². The fourth-order valence-corrected chi connectivity index (χ4v) is 7.84. The van der Waals surface area contributed by atoms with E-state index in [0.717, 1.165) is 42.0 Å². The molecule has 2 fully saturated rings. The third-order valence-electron chi connectivity index (χ3n) is 6.84. The highest BCUT2D eigenvalue weighted by Crippen LogP contribution is 2.50. The summed E-state index contributed by atoms with van der Waals surface area (Å²) < 4.78 is 80.2. The van der Waals surface area contributed by atoms with E-state index in [-0.39, 0.29) is 29.9 Å². The van der Waals surface area contributed by atoms with E-state index in [1.807, 2.05) is 0 Å². The van der Waals surface area contributed by atoms with Gasteiger partial charge in [0.05, 0.1) is 18.0 Å². The third kappa shape index (κ3) is 3.90. The molecule has 0 radical (unpaired) electrons. The number of anilines is 1. The number of rotatable bonds is 4. The van der Waals surface area contributed by atoms with E-state index in [4.69, 9.17) is 5.41 Å². The van der Waals surface area contributed by atoms with Gasteiger partial charge in [-0.2, -0.15) is 0 Å². The second-order valence-corrected chi connectivity index (χ2v) is 13.2. The Kier molecular flexibility index (Phi) is 6.08. The van der Waals surface area contributed by atoms with Crippen molar-refractivity contribution >= 4 is 37.6 Å². The van der Waals surface area contributed by atoms with Gasteiger partial charge in [0.1, 0.15) is 22.1 Å². The maximum atomic E-state index is 15.3. The van der Waals surface area contributed by atoms with Crippen LogP contribution < -0.4 is 10.6 Å². The number of carbonyl (C=O) groups excluding carboxylic acids is 1. The summed E-state index contributed by atoms with van der Waals surface area (Å²) in [5, 5.41) is 13.5. The van der Waals surface area contributed by atoms with Crippen LogP contribution in [0.1, 0.15) is 29.4 Å². The van der Waals surface area contributed by atoms with E-state index >= 15 is 4.39 Å². The molecule has 0 bridgehead atoms. The Bertz CT molecular complexity index is 1470. The van der Waals surface area contributed by atoms with Crippen molar-refractivity contribution in [1.29, 1.82) is 5.41 Å². The average molecular weight is 543 g/mol. The van der Waals surface area contributed by atoms with Gasteiger partial charge in [-0.1, -0.05) is 0 Å². The second kappa shape index (κ2) is 8.45. The molecule has 1 unspecified atom stereocenters. The highest BCUT2D eigenvalue weighted by Gasteiger charge is 2.67. The van der Waals surface area contributed by atoms with Crippen LogP contribution in [0.5, 0.6) is 0 Å². The van der Waals surface area contributed by atoms with Crippen LogP contribution in [0.2, 0.25) is 0 Å². The lowest BCUT2D eigenvalue weighted by molar-refractivity contribution is 0.102. The zero-order valence-corrected chi connectivity index (χ0v) is 21.2. The molecule has 2 aliphatic heterocycles. The molecule has 4 rings (SSSR count). The van der Waals surface area contributed by atoms with Crippen LogP contribution in [0.25, 0.3) is 0 Å². The Labute approximate surface area is 207 Å². The van der Waals surface area contributed by atoms with Crippen LogP contribution in [0.4, 0.5) is 14.5 Å². The number of benzene rings is 1. The van der Waals surface area contributed by atoms with E-state index in [1.54, 1.807) is 0 Å². The Morgan fingerprint density at radius 3 is 2.53 bits per heavy atom. The third-order valence-corrected chi connectivity index (χ3v) is 10.7. The molecule has 1 aromatic carbocycles. The lowest BCUT2D eigenvalue weighted by Crippen LogP contribution is -2.74. The van der Waals surface area contributed by atoms with Crippen LogP contribution in [0.15, 0.2) is 36.5 Å². The monoisotopic (exact) mass is 542 g/mol. The first kappa shape index (κ1) is 25.9. The minimum absolute atomic E-state index is 0.0847. The largest absolute Gasteiger partial charge is 0.345 e. The van der Waals surface area contributed by atoms with Gasteiger partial charge in [0.15, 0.2) is 0 Å². The fourth-order valence-electron chi connectivity index (χ4n) is 4.72. The Hall–Kier alpha value is -3.17. The van der Waals surface area contributed by atoms with Crippen molar-refractivity contribution in [1.82, 2.24) is 18.9 Å². The smallest absolute Gasteiger partial charge is 0.274 e. The fraction of sp³-hybridized carbons (Fsp3) is 0.381. The summed E-state index contributed by atoms with van der Waals surface area (Å²) in [5.41, 5.74) is -2.01. The van der Waals surface area contributed by atoms with Crippen LogP contribution in [-0.4, -0.2) is 73.4 Å². The zero-order valence-electron chi connectivity index (χ0n) is 19.5. The number of carbonyl (C=O) groups is 1. The van der Waals surface area contributed by atoms with Crippen LogP contribution >= 0.6 is 0 Å². The number of nitrogens with one attached hydrogen (secondary N) is 3. The summed E-state index contributed by atoms with van der Waals surface area (Å²) in [6.45, 7) is 0.805. The number of guanidine groups is 1. The van der Waals surface area contributed by atoms with E-state index in [0.29, 0.717) is 4.31 Å². The normalized spacial score (nSPS) is 26.1. The number of hydrogen-bond acceptors (Lipinski definition) is 7. The number of sulfonamides is 2. The lowest BCUT2D eigenvalue weighted by Gasteiger charge is -2.52. The van der Waals surface area contributed by atoms with Gasteiger partial charge in [0, 0.05) is 31.4 Å². The topological polar surface area (TPSA) is 153 Å². The maximum absolute atomic E-state index is 15.3. The van der Waals surface area contributed by atoms with Gasteiger partial charge in [0.25, 0.3) is 5.91 Å². The molecule has 2 aromatic rings. The molecule has 11 nitrogen and oxygen atoms in total. The summed E-state index contributed by atoms with van der Waals surface area (Å²) in [7, 11) is -6.97. The van der Waals surface area contributed by atoms with Crippen LogP contribution in [-0.2, 0) is 25.6 Å². The molecule has 2 atom stereocenters. The van der Waals surface area contributed by atoms with Crippen molar-refractivity contribution in [2.45, 2.75) is 23.6 Å². The molecule has 1 spiro atoms. The van der Waals surface area contributed by atoms with Gasteiger partial charge in [-0.25, -0.2) is 39.2 Å². The predicted octanol–water partition coefficient (Wildman–Crippen LogP) is 1.03. The number of halogens is 2. The second-order valence-electron chi connectivity index (χ2n) is 8.92. The Morgan fingerprint density at radius 1 is 1.25 bits per heavy atom. The molecule has 0 aliphatic carbocycles. The maximum Gasteiger partial charge on any atom is 0.274 e. The van der Waals surface area contributed by atoms with Crippen molar-refractivity contribution in [3.8, 4) is 0 Å². The molecule has 194 valence electrons. The minimum Gasteiger partial charge on any atom is -0.345 e. The van der Waals surface area contributed by atoms with E-state index in [2.05, 4.69) is 15.6 Å². The summed E-state index contributed by atoms with van der Waals surface area (Å²) in [6, 6.07) is 5.72. The first-order chi connectivity index (χ1) is 16.6. The molecular weight excluding hydrogens is 518 g/mol. The molecule has 2 aliphatic rings. The van der Waals surface area contributed by atoms with Crippen LogP contribution in [0.3, 0.4) is 0 Å². The van der Waals surface area contributed by atoms with Gasteiger partial charge in [-0.15, -0.1) is 0 Å². The van der Waals surface area contributed by atoms with Gasteiger partial charge >= 0.3 is 0 Å². The van der Waals surface area contributed by atoms with Crippen molar-refractivity contribution in [2.75, 3.05) is 31.7 Å². The van der Waals surface area contributed by atoms with Crippen molar-refractivity contribution in [2.24, 2.45) is 0 Å².